The maximum Gasteiger partial charge on any atom is 0.272 e. The van der Waals surface area contributed by atoms with E-state index in [0.717, 1.165) is 27.4 Å². The van der Waals surface area contributed by atoms with Gasteiger partial charge in [0.05, 0.1) is 28.8 Å². The lowest BCUT2D eigenvalue weighted by molar-refractivity contribution is 0.0946. The number of hydrogen-bond donors (Lipinski definition) is 2. The first-order valence-corrected chi connectivity index (χ1v) is 8.52. The second kappa shape index (κ2) is 6.74. The van der Waals surface area contributed by atoms with Gasteiger partial charge in [0.1, 0.15) is 0 Å². The van der Waals surface area contributed by atoms with E-state index in [0.29, 0.717) is 12.2 Å². The van der Waals surface area contributed by atoms with E-state index in [1.807, 2.05) is 35.7 Å². The zero-order valence-corrected chi connectivity index (χ0v) is 13.9. The first-order valence-electron chi connectivity index (χ1n) is 7.64. The van der Waals surface area contributed by atoms with Gasteiger partial charge >= 0.3 is 0 Å². The van der Waals surface area contributed by atoms with E-state index in [4.69, 9.17) is 4.42 Å². The summed E-state index contributed by atoms with van der Waals surface area (Å²) in [4.78, 5) is 17.7. The molecule has 1 amide bonds. The largest absolute Gasteiger partial charge is 0.472 e. The van der Waals surface area contributed by atoms with Crippen molar-refractivity contribution in [3.63, 3.8) is 0 Å². The van der Waals surface area contributed by atoms with E-state index in [1.54, 1.807) is 36.1 Å². The molecule has 0 fully saturated rings. The monoisotopic (exact) mass is 350 g/mol. The minimum atomic E-state index is -0.224. The summed E-state index contributed by atoms with van der Waals surface area (Å²) >= 11 is 1.59. The van der Waals surface area contributed by atoms with Crippen molar-refractivity contribution in [3.05, 3.63) is 71.8 Å². The van der Waals surface area contributed by atoms with Crippen molar-refractivity contribution in [2.24, 2.45) is 0 Å². The van der Waals surface area contributed by atoms with Crippen LogP contribution in [0.3, 0.4) is 0 Å². The predicted molar refractivity (Wildman–Crippen MR) is 95.0 cm³/mol. The molecule has 0 radical (unpaired) electrons. The van der Waals surface area contributed by atoms with Gasteiger partial charge in [0.15, 0.2) is 5.69 Å². The number of nitrogens with zero attached hydrogens (tertiary/aromatic N) is 2. The molecule has 25 heavy (non-hydrogen) atoms. The van der Waals surface area contributed by atoms with Crippen LogP contribution in [-0.2, 0) is 6.54 Å². The average Bonchev–Trinajstić information content (AvgIpc) is 3.42. The zero-order chi connectivity index (χ0) is 17.1. The highest BCUT2D eigenvalue weighted by molar-refractivity contribution is 7.13. The molecule has 4 aromatic heterocycles. The molecule has 0 saturated carbocycles. The molecule has 0 atom stereocenters. The third-order valence-corrected chi connectivity index (χ3v) is 4.60. The fourth-order valence-corrected chi connectivity index (χ4v) is 3.07. The summed E-state index contributed by atoms with van der Waals surface area (Å²) in [6.07, 6.45) is 5.00. The Morgan fingerprint density at radius 2 is 2.24 bits per heavy atom. The molecule has 0 unspecified atom stereocenters. The Bertz CT molecular complexity index is 957. The zero-order valence-electron chi connectivity index (χ0n) is 13.1. The van der Waals surface area contributed by atoms with E-state index < -0.39 is 0 Å². The molecule has 0 aliphatic rings. The normalized spacial score (nSPS) is 10.7. The van der Waals surface area contributed by atoms with Crippen LogP contribution in [0.25, 0.3) is 21.8 Å². The fourth-order valence-electron chi connectivity index (χ4n) is 2.38. The molecule has 0 aromatic carbocycles. The lowest BCUT2D eigenvalue weighted by Gasteiger charge is -2.04. The van der Waals surface area contributed by atoms with Crippen molar-refractivity contribution in [1.82, 2.24) is 20.5 Å². The van der Waals surface area contributed by atoms with Gasteiger partial charge in [-0.2, -0.15) is 5.10 Å². The molecule has 6 nitrogen and oxygen atoms in total. The highest BCUT2D eigenvalue weighted by Gasteiger charge is 2.12. The first kappa shape index (κ1) is 15.3. The number of pyridine rings is 1. The maximum absolute atomic E-state index is 12.2. The number of furan rings is 1. The number of hydrogen-bond acceptors (Lipinski definition) is 5. The molecule has 0 bridgehead atoms. The number of nitrogens with one attached hydrogen (secondary N) is 2. The molecule has 4 heterocycles. The second-order valence-electron chi connectivity index (χ2n) is 5.39. The predicted octanol–water partition coefficient (Wildman–Crippen LogP) is 3.72. The van der Waals surface area contributed by atoms with E-state index in [9.17, 15) is 4.79 Å². The maximum atomic E-state index is 12.2. The quantitative estimate of drug-likeness (QED) is 0.574. The van der Waals surface area contributed by atoms with E-state index in [1.165, 1.54) is 0 Å². The molecular weight excluding hydrogens is 336 g/mol. The Labute approximate surface area is 147 Å². The second-order valence-corrected chi connectivity index (χ2v) is 6.34. The van der Waals surface area contributed by atoms with Gasteiger partial charge in [-0.05, 0) is 35.2 Å². The molecule has 7 heteroatoms. The standard InChI is InChI=1S/C18H14N4O2S/c23-18(16-8-15(21-22-16)17-2-1-7-25-17)20-10-12-3-4-14(19-9-12)13-5-6-24-11-13/h1-9,11H,10H2,(H,20,23)(H,21,22). The lowest BCUT2D eigenvalue weighted by Crippen LogP contribution is -2.23. The van der Waals surface area contributed by atoms with Crippen molar-refractivity contribution in [2.45, 2.75) is 6.54 Å². The number of rotatable bonds is 5. The minimum absolute atomic E-state index is 0.224. The molecule has 4 rings (SSSR count). The van der Waals surface area contributed by atoms with Crippen molar-refractivity contribution in [2.75, 3.05) is 0 Å². The van der Waals surface area contributed by atoms with Crippen molar-refractivity contribution in [3.8, 4) is 21.8 Å². The van der Waals surface area contributed by atoms with Gasteiger partial charge in [-0.3, -0.25) is 14.9 Å². The third-order valence-electron chi connectivity index (χ3n) is 3.69. The summed E-state index contributed by atoms with van der Waals surface area (Å²) in [5.41, 5.74) is 3.87. The SMILES string of the molecule is O=C(NCc1ccc(-c2ccoc2)nc1)c1cc(-c2cccs2)[nH]n1. The Kier molecular flexibility index (Phi) is 4.14. The molecular formula is C18H14N4O2S. The van der Waals surface area contributed by atoms with Crippen LogP contribution in [0.4, 0.5) is 0 Å². The summed E-state index contributed by atoms with van der Waals surface area (Å²) in [6.45, 7) is 0.388. The molecule has 0 aliphatic carbocycles. The summed E-state index contributed by atoms with van der Waals surface area (Å²) < 4.78 is 5.05. The van der Waals surface area contributed by atoms with Gasteiger partial charge in [-0.15, -0.1) is 11.3 Å². The number of carbonyl (C=O) groups excluding carboxylic acids is 1. The first-order chi connectivity index (χ1) is 12.3. The molecule has 4 aromatic rings. The topological polar surface area (TPSA) is 83.8 Å². The van der Waals surface area contributed by atoms with E-state index >= 15 is 0 Å². The van der Waals surface area contributed by atoms with Crippen molar-refractivity contribution >= 4 is 17.2 Å². The van der Waals surface area contributed by atoms with Crippen LogP contribution in [0.2, 0.25) is 0 Å². The van der Waals surface area contributed by atoms with Crippen LogP contribution in [0.15, 0.2) is 64.9 Å². The lowest BCUT2D eigenvalue weighted by atomic mass is 10.2. The minimum Gasteiger partial charge on any atom is -0.472 e. The molecule has 2 N–H and O–H groups in total. The number of carbonyl (C=O) groups is 1. The number of aromatic nitrogens is 3. The van der Waals surface area contributed by atoms with Gasteiger partial charge < -0.3 is 9.73 Å². The third kappa shape index (κ3) is 3.36. The van der Waals surface area contributed by atoms with Crippen molar-refractivity contribution < 1.29 is 9.21 Å². The van der Waals surface area contributed by atoms with Crippen LogP contribution in [0, 0.1) is 0 Å². The Balaban J connectivity index is 1.39. The van der Waals surface area contributed by atoms with Crippen LogP contribution in [-0.4, -0.2) is 21.1 Å². The summed E-state index contributed by atoms with van der Waals surface area (Å²) in [5, 5.41) is 11.8. The Morgan fingerprint density at radius 1 is 1.28 bits per heavy atom. The molecule has 0 aliphatic heterocycles. The van der Waals surface area contributed by atoms with Gasteiger partial charge in [0.2, 0.25) is 0 Å². The summed E-state index contributed by atoms with van der Waals surface area (Å²) in [6, 6.07) is 11.4. The van der Waals surface area contributed by atoms with Gasteiger partial charge in [0.25, 0.3) is 5.91 Å². The van der Waals surface area contributed by atoms with E-state index in [2.05, 4.69) is 20.5 Å². The van der Waals surface area contributed by atoms with Gasteiger partial charge in [0, 0.05) is 18.3 Å². The van der Waals surface area contributed by atoms with Crippen LogP contribution >= 0.6 is 11.3 Å². The van der Waals surface area contributed by atoms with Crippen LogP contribution in [0.5, 0.6) is 0 Å². The average molecular weight is 350 g/mol. The molecule has 0 spiro atoms. The Morgan fingerprint density at radius 3 is 2.96 bits per heavy atom. The van der Waals surface area contributed by atoms with Crippen LogP contribution in [0.1, 0.15) is 16.1 Å². The Hall–Kier alpha value is -3.19. The van der Waals surface area contributed by atoms with Gasteiger partial charge in [-0.1, -0.05) is 12.1 Å². The number of amides is 1. The number of H-pyrrole nitrogens is 1. The highest BCUT2D eigenvalue weighted by atomic mass is 32.1. The number of aromatic amines is 1. The van der Waals surface area contributed by atoms with Gasteiger partial charge in [-0.25, -0.2) is 0 Å². The fraction of sp³-hybridized carbons (Fsp3) is 0.0556. The molecule has 124 valence electrons. The van der Waals surface area contributed by atoms with E-state index in [-0.39, 0.29) is 5.91 Å². The van der Waals surface area contributed by atoms with Crippen molar-refractivity contribution in [1.29, 1.82) is 0 Å². The summed E-state index contributed by atoms with van der Waals surface area (Å²) in [7, 11) is 0. The smallest absolute Gasteiger partial charge is 0.272 e. The molecule has 0 saturated heterocycles. The highest BCUT2D eigenvalue weighted by Crippen LogP contribution is 2.23. The summed E-state index contributed by atoms with van der Waals surface area (Å²) in [5.74, 6) is -0.224. The number of thiophene rings is 1. The van der Waals surface area contributed by atoms with Crippen LogP contribution < -0.4 is 5.32 Å².